The van der Waals surface area contributed by atoms with E-state index in [0.717, 1.165) is 5.41 Å². The molecule has 2 rings (SSSR count). The number of carbonyl (C=O) groups excluding carboxylic acids is 1. The summed E-state index contributed by atoms with van der Waals surface area (Å²) < 4.78 is 27.0. The van der Waals surface area contributed by atoms with Crippen LogP contribution in [-0.4, -0.2) is 31.4 Å². The van der Waals surface area contributed by atoms with E-state index in [1.165, 1.54) is 6.08 Å². The fraction of sp³-hybridized carbons (Fsp3) is 0.333. The number of hydrogen-bond donors (Lipinski definition) is 2. The lowest BCUT2D eigenvalue weighted by atomic mass is 10.3. The van der Waals surface area contributed by atoms with Crippen molar-refractivity contribution in [3.63, 3.8) is 0 Å². The van der Waals surface area contributed by atoms with Gasteiger partial charge < -0.3 is 9.84 Å². The summed E-state index contributed by atoms with van der Waals surface area (Å²) in [5.74, 6) is 0.742. The van der Waals surface area contributed by atoms with E-state index < -0.39 is 21.9 Å². The Balaban J connectivity index is 1.89. The molecule has 0 bridgehead atoms. The molecule has 2 N–H and O–H groups in total. The van der Waals surface area contributed by atoms with Gasteiger partial charge in [0.1, 0.15) is 5.76 Å². The fourth-order valence-electron chi connectivity index (χ4n) is 1.41. The van der Waals surface area contributed by atoms with Crippen molar-refractivity contribution in [2.45, 2.75) is 13.0 Å². The maximum atomic E-state index is 11.5. The number of amides is 2. The molecular formula is C9H11N3O4S. The smallest absolute Gasteiger partial charge is 0.320 e. The predicted octanol–water partition coefficient (Wildman–Crippen LogP) is 0.415. The first-order valence-corrected chi connectivity index (χ1v) is 6.58. The average Bonchev–Trinajstić information content (AvgIpc) is 2.73. The van der Waals surface area contributed by atoms with Crippen LogP contribution in [0.1, 0.15) is 5.76 Å². The minimum atomic E-state index is -3.17. The Morgan fingerprint density at radius 3 is 2.88 bits per heavy atom. The van der Waals surface area contributed by atoms with Crippen LogP contribution in [0.5, 0.6) is 0 Å². The van der Waals surface area contributed by atoms with Gasteiger partial charge in [0.05, 0.1) is 11.8 Å². The van der Waals surface area contributed by atoms with Gasteiger partial charge in [0.15, 0.2) is 15.7 Å². The molecule has 7 nitrogen and oxygen atoms in total. The molecule has 0 aliphatic carbocycles. The van der Waals surface area contributed by atoms with Gasteiger partial charge in [-0.2, -0.15) is 0 Å². The molecule has 1 aromatic rings. The Bertz CT molecular complexity index is 561. The van der Waals surface area contributed by atoms with E-state index in [1.807, 2.05) is 0 Å². The number of aromatic nitrogens is 1. The number of nitrogens with one attached hydrogen (secondary N) is 2. The third-order valence-electron chi connectivity index (χ3n) is 2.12. The Morgan fingerprint density at radius 2 is 2.35 bits per heavy atom. The largest absolute Gasteiger partial charge is 0.360 e. The number of hydrogen-bond acceptors (Lipinski definition) is 5. The van der Waals surface area contributed by atoms with Crippen molar-refractivity contribution in [1.29, 1.82) is 0 Å². The minimum Gasteiger partial charge on any atom is -0.360 e. The summed E-state index contributed by atoms with van der Waals surface area (Å²) in [7, 11) is -3.17. The van der Waals surface area contributed by atoms with Gasteiger partial charge in [-0.1, -0.05) is 5.16 Å². The molecule has 17 heavy (non-hydrogen) atoms. The third-order valence-corrected chi connectivity index (χ3v) is 3.51. The zero-order valence-corrected chi connectivity index (χ0v) is 9.82. The van der Waals surface area contributed by atoms with Gasteiger partial charge in [-0.15, -0.1) is 0 Å². The summed E-state index contributed by atoms with van der Waals surface area (Å²) in [4.78, 5) is 11.5. The van der Waals surface area contributed by atoms with Gasteiger partial charge >= 0.3 is 6.03 Å². The van der Waals surface area contributed by atoms with Crippen LogP contribution < -0.4 is 10.6 Å². The second kappa shape index (κ2) is 4.21. The normalized spacial score (nSPS) is 21.4. The van der Waals surface area contributed by atoms with Crippen LogP contribution in [-0.2, 0) is 9.84 Å². The van der Waals surface area contributed by atoms with E-state index in [-0.39, 0.29) is 11.6 Å². The van der Waals surface area contributed by atoms with Crippen molar-refractivity contribution in [1.82, 2.24) is 10.5 Å². The molecule has 0 saturated heterocycles. The van der Waals surface area contributed by atoms with Crippen LogP contribution in [0.15, 0.2) is 22.1 Å². The molecule has 1 aliphatic heterocycles. The Kier molecular flexibility index (Phi) is 2.88. The lowest BCUT2D eigenvalue weighted by molar-refractivity contribution is 0.250. The number of rotatable bonds is 2. The highest BCUT2D eigenvalue weighted by atomic mass is 32.2. The van der Waals surface area contributed by atoms with E-state index in [2.05, 4.69) is 15.8 Å². The van der Waals surface area contributed by atoms with Crippen molar-refractivity contribution >= 4 is 21.7 Å². The topological polar surface area (TPSA) is 101 Å². The van der Waals surface area contributed by atoms with Crippen molar-refractivity contribution in [2.24, 2.45) is 0 Å². The Morgan fingerprint density at radius 1 is 1.59 bits per heavy atom. The number of sulfone groups is 1. The van der Waals surface area contributed by atoms with Gasteiger partial charge in [-0.25, -0.2) is 13.2 Å². The predicted molar refractivity (Wildman–Crippen MR) is 60.1 cm³/mol. The highest BCUT2D eigenvalue weighted by Gasteiger charge is 2.23. The minimum absolute atomic E-state index is 0.113. The van der Waals surface area contributed by atoms with Crippen LogP contribution in [0.3, 0.4) is 0 Å². The lowest BCUT2D eigenvalue weighted by Crippen LogP contribution is -2.38. The van der Waals surface area contributed by atoms with Gasteiger partial charge in [0.2, 0.25) is 0 Å². The van der Waals surface area contributed by atoms with Crippen molar-refractivity contribution in [3.05, 3.63) is 23.3 Å². The molecule has 0 aromatic carbocycles. The monoisotopic (exact) mass is 257 g/mol. The van der Waals surface area contributed by atoms with E-state index in [4.69, 9.17) is 4.52 Å². The number of nitrogens with zero attached hydrogens (tertiary/aromatic N) is 1. The zero-order valence-electron chi connectivity index (χ0n) is 9.00. The van der Waals surface area contributed by atoms with Crippen molar-refractivity contribution in [3.8, 4) is 0 Å². The Hall–Kier alpha value is -1.83. The molecule has 2 heterocycles. The first-order valence-electron chi connectivity index (χ1n) is 4.86. The zero-order chi connectivity index (χ0) is 12.5. The standard InChI is InChI=1S/C9H11N3O4S/c1-6-4-8(12-16-6)11-9(13)10-7-2-3-17(14,15)5-7/h2-4,7H,5H2,1H3,(H2,10,11,12,13)/t7-/m1/s1. The summed E-state index contributed by atoms with van der Waals surface area (Å²) in [5.41, 5.74) is 0. The SMILES string of the molecule is Cc1cc(NC(=O)N[C@@H]2C=CS(=O)(=O)C2)no1. The van der Waals surface area contributed by atoms with Crippen molar-refractivity contribution in [2.75, 3.05) is 11.1 Å². The van der Waals surface area contributed by atoms with Crippen molar-refractivity contribution < 1.29 is 17.7 Å². The summed E-state index contributed by atoms with van der Waals surface area (Å²) in [6, 6.07) is 0.527. The van der Waals surface area contributed by atoms with Crippen LogP contribution in [0.4, 0.5) is 10.6 Å². The average molecular weight is 257 g/mol. The maximum absolute atomic E-state index is 11.5. The summed E-state index contributed by atoms with van der Waals surface area (Å²) >= 11 is 0. The molecule has 2 amide bonds. The van der Waals surface area contributed by atoms with Gasteiger partial charge in [-0.3, -0.25) is 5.32 Å². The van der Waals surface area contributed by atoms with E-state index in [0.29, 0.717) is 5.76 Å². The molecular weight excluding hydrogens is 246 g/mol. The van der Waals surface area contributed by atoms with E-state index >= 15 is 0 Å². The van der Waals surface area contributed by atoms with Crippen LogP contribution >= 0.6 is 0 Å². The third kappa shape index (κ3) is 3.06. The summed E-state index contributed by atoms with van der Waals surface area (Å²) in [5, 5.41) is 9.60. The summed E-state index contributed by atoms with van der Waals surface area (Å²) in [6.45, 7) is 1.70. The second-order valence-electron chi connectivity index (χ2n) is 3.69. The van der Waals surface area contributed by atoms with Crippen LogP contribution in [0.25, 0.3) is 0 Å². The van der Waals surface area contributed by atoms with E-state index in [9.17, 15) is 13.2 Å². The molecule has 8 heteroatoms. The maximum Gasteiger partial charge on any atom is 0.320 e. The van der Waals surface area contributed by atoms with Crippen LogP contribution in [0, 0.1) is 6.92 Å². The molecule has 0 saturated carbocycles. The second-order valence-corrected chi connectivity index (χ2v) is 5.62. The molecule has 0 spiro atoms. The number of aryl methyl sites for hydroxylation is 1. The molecule has 1 aliphatic rings. The number of carbonyl (C=O) groups is 1. The summed E-state index contributed by atoms with van der Waals surface area (Å²) in [6.07, 6.45) is 1.43. The first-order chi connectivity index (χ1) is 7.94. The molecule has 1 atom stereocenters. The first kappa shape index (κ1) is 11.6. The number of urea groups is 1. The molecule has 0 radical (unpaired) electrons. The van der Waals surface area contributed by atoms with E-state index in [1.54, 1.807) is 13.0 Å². The Labute approximate surface area is 97.8 Å². The molecule has 1 aromatic heterocycles. The van der Waals surface area contributed by atoms with Gasteiger partial charge in [-0.05, 0) is 13.0 Å². The molecule has 0 fully saturated rings. The fourth-order valence-corrected chi connectivity index (χ4v) is 2.65. The quantitative estimate of drug-likeness (QED) is 0.799. The highest BCUT2D eigenvalue weighted by molar-refractivity contribution is 7.94. The van der Waals surface area contributed by atoms with Crippen LogP contribution in [0.2, 0.25) is 0 Å². The molecule has 0 unspecified atom stereocenters. The molecule has 92 valence electrons. The lowest BCUT2D eigenvalue weighted by Gasteiger charge is -2.09. The van der Waals surface area contributed by atoms with Gasteiger partial charge in [0.25, 0.3) is 0 Å². The van der Waals surface area contributed by atoms with Gasteiger partial charge in [0, 0.05) is 11.5 Å². The number of anilines is 1. The highest BCUT2D eigenvalue weighted by Crippen LogP contribution is 2.09.